The Kier molecular flexibility index (Phi) is 9.15. The van der Waals surface area contributed by atoms with E-state index >= 15 is 0 Å². The summed E-state index contributed by atoms with van der Waals surface area (Å²) in [6, 6.07) is 8.54. The molecular formula is C17H29ClIN5. The SMILES string of the molecule is CC(C)N(C)CCN=C(N)N1CCN(c2ccc(Cl)cc2)CC1.I. The van der Waals surface area contributed by atoms with Crippen LogP contribution in [0.15, 0.2) is 29.3 Å². The highest BCUT2D eigenvalue weighted by Crippen LogP contribution is 2.19. The Morgan fingerprint density at radius 1 is 1.21 bits per heavy atom. The highest BCUT2D eigenvalue weighted by atomic mass is 127. The van der Waals surface area contributed by atoms with Crippen molar-refractivity contribution in [3.8, 4) is 0 Å². The first-order valence-corrected chi connectivity index (χ1v) is 8.61. The minimum Gasteiger partial charge on any atom is -0.370 e. The molecule has 7 heteroatoms. The molecule has 2 N–H and O–H groups in total. The number of nitrogens with zero attached hydrogens (tertiary/aromatic N) is 4. The molecule has 0 unspecified atom stereocenters. The van der Waals surface area contributed by atoms with Crippen molar-refractivity contribution in [2.75, 3.05) is 51.2 Å². The van der Waals surface area contributed by atoms with Gasteiger partial charge in [-0.15, -0.1) is 24.0 Å². The molecule has 0 atom stereocenters. The maximum absolute atomic E-state index is 6.14. The van der Waals surface area contributed by atoms with Gasteiger partial charge in [-0.2, -0.15) is 0 Å². The van der Waals surface area contributed by atoms with Gasteiger partial charge in [-0.05, 0) is 45.2 Å². The van der Waals surface area contributed by atoms with Gasteiger partial charge in [0.2, 0.25) is 0 Å². The summed E-state index contributed by atoms with van der Waals surface area (Å²) in [5, 5.41) is 0.773. The van der Waals surface area contributed by atoms with Crippen molar-refractivity contribution in [1.29, 1.82) is 0 Å². The lowest BCUT2D eigenvalue weighted by Gasteiger charge is -2.36. The lowest BCUT2D eigenvalue weighted by Crippen LogP contribution is -2.51. The summed E-state index contributed by atoms with van der Waals surface area (Å²) in [6.45, 7) is 9.75. The number of hydrogen-bond acceptors (Lipinski definition) is 3. The number of hydrogen-bond donors (Lipinski definition) is 1. The van der Waals surface area contributed by atoms with Crippen LogP contribution < -0.4 is 10.6 Å². The molecule has 1 aliphatic heterocycles. The van der Waals surface area contributed by atoms with Crippen LogP contribution in [0.25, 0.3) is 0 Å². The third-order valence-corrected chi connectivity index (χ3v) is 4.66. The van der Waals surface area contributed by atoms with Crippen LogP contribution in [-0.2, 0) is 0 Å². The van der Waals surface area contributed by atoms with E-state index in [1.165, 1.54) is 5.69 Å². The fraction of sp³-hybridized carbons (Fsp3) is 0.588. The monoisotopic (exact) mass is 465 g/mol. The van der Waals surface area contributed by atoms with Crippen molar-refractivity contribution >= 4 is 47.2 Å². The van der Waals surface area contributed by atoms with Crippen LogP contribution in [0.5, 0.6) is 0 Å². The second kappa shape index (κ2) is 10.3. The summed E-state index contributed by atoms with van der Waals surface area (Å²) in [4.78, 5) is 11.3. The zero-order valence-corrected chi connectivity index (χ0v) is 17.9. The fourth-order valence-corrected chi connectivity index (χ4v) is 2.65. The molecule has 1 saturated heterocycles. The number of nitrogens with two attached hydrogens (primary N) is 1. The average molecular weight is 466 g/mol. The van der Waals surface area contributed by atoms with E-state index in [-0.39, 0.29) is 24.0 Å². The highest BCUT2D eigenvalue weighted by molar-refractivity contribution is 14.0. The van der Waals surface area contributed by atoms with Crippen molar-refractivity contribution < 1.29 is 0 Å². The molecule has 1 fully saturated rings. The zero-order chi connectivity index (χ0) is 16.8. The van der Waals surface area contributed by atoms with Crippen LogP contribution in [0.4, 0.5) is 5.69 Å². The Bertz CT molecular complexity index is 512. The van der Waals surface area contributed by atoms with Crippen molar-refractivity contribution in [1.82, 2.24) is 9.80 Å². The van der Waals surface area contributed by atoms with E-state index in [0.717, 1.165) is 44.3 Å². The number of anilines is 1. The summed E-state index contributed by atoms with van der Waals surface area (Å²) in [6.07, 6.45) is 0. The number of guanidine groups is 1. The van der Waals surface area contributed by atoms with E-state index in [1.807, 2.05) is 12.1 Å². The number of aliphatic imine (C=N–C) groups is 1. The molecule has 2 rings (SSSR count). The molecular weight excluding hydrogens is 437 g/mol. The molecule has 0 aromatic heterocycles. The Morgan fingerprint density at radius 3 is 2.33 bits per heavy atom. The lowest BCUT2D eigenvalue weighted by molar-refractivity contribution is 0.281. The molecule has 1 heterocycles. The number of halogens is 2. The summed E-state index contributed by atoms with van der Waals surface area (Å²) in [5.74, 6) is 0.665. The van der Waals surface area contributed by atoms with Gasteiger partial charge in [-0.25, -0.2) is 0 Å². The minimum absolute atomic E-state index is 0. The van der Waals surface area contributed by atoms with Crippen LogP contribution >= 0.6 is 35.6 Å². The molecule has 24 heavy (non-hydrogen) atoms. The second-order valence-corrected chi connectivity index (χ2v) is 6.70. The van der Waals surface area contributed by atoms with Crippen LogP contribution in [0, 0.1) is 0 Å². The fourth-order valence-electron chi connectivity index (χ4n) is 2.53. The first-order chi connectivity index (χ1) is 11.0. The summed E-state index contributed by atoms with van der Waals surface area (Å²) in [7, 11) is 2.11. The van der Waals surface area contributed by atoms with Gasteiger partial charge in [0.05, 0.1) is 6.54 Å². The van der Waals surface area contributed by atoms with Gasteiger partial charge in [-0.1, -0.05) is 11.6 Å². The maximum atomic E-state index is 6.14. The first kappa shape index (κ1) is 21.3. The molecule has 1 aromatic carbocycles. The van der Waals surface area contributed by atoms with E-state index < -0.39 is 0 Å². The van der Waals surface area contributed by atoms with Crippen LogP contribution in [0.1, 0.15) is 13.8 Å². The third kappa shape index (κ3) is 6.29. The molecule has 136 valence electrons. The molecule has 0 aliphatic carbocycles. The molecule has 0 amide bonds. The van der Waals surface area contributed by atoms with Crippen LogP contribution in [-0.4, -0.2) is 68.1 Å². The third-order valence-electron chi connectivity index (χ3n) is 4.40. The van der Waals surface area contributed by atoms with E-state index in [1.54, 1.807) is 0 Å². The molecule has 5 nitrogen and oxygen atoms in total. The van der Waals surface area contributed by atoms with Gasteiger partial charge in [0.15, 0.2) is 5.96 Å². The number of benzene rings is 1. The van der Waals surface area contributed by atoms with E-state index in [4.69, 9.17) is 17.3 Å². The second-order valence-electron chi connectivity index (χ2n) is 6.26. The molecule has 0 spiro atoms. The van der Waals surface area contributed by atoms with E-state index in [9.17, 15) is 0 Å². The Hall–Kier alpha value is -0.730. The van der Waals surface area contributed by atoms with E-state index in [0.29, 0.717) is 12.0 Å². The summed E-state index contributed by atoms with van der Waals surface area (Å²) >= 11 is 5.94. The smallest absolute Gasteiger partial charge is 0.191 e. The van der Waals surface area contributed by atoms with Gasteiger partial charge in [0.25, 0.3) is 0 Å². The van der Waals surface area contributed by atoms with Crippen LogP contribution in [0.3, 0.4) is 0 Å². The molecule has 0 saturated carbocycles. The van der Waals surface area contributed by atoms with Crippen molar-refractivity contribution in [2.45, 2.75) is 19.9 Å². The van der Waals surface area contributed by atoms with Gasteiger partial charge in [0.1, 0.15) is 0 Å². The predicted molar refractivity (Wildman–Crippen MR) is 115 cm³/mol. The van der Waals surface area contributed by atoms with Gasteiger partial charge < -0.3 is 20.4 Å². The number of likely N-dealkylation sites (N-methyl/N-ethyl adjacent to an activating group) is 1. The van der Waals surface area contributed by atoms with Crippen molar-refractivity contribution in [3.63, 3.8) is 0 Å². The Labute approximate surface area is 167 Å². The average Bonchev–Trinajstić information content (AvgIpc) is 2.55. The van der Waals surface area contributed by atoms with Gasteiger partial charge in [0, 0.05) is 49.5 Å². The van der Waals surface area contributed by atoms with Crippen molar-refractivity contribution in [3.05, 3.63) is 29.3 Å². The summed E-state index contributed by atoms with van der Waals surface area (Å²) < 4.78 is 0. The zero-order valence-electron chi connectivity index (χ0n) is 14.8. The predicted octanol–water partition coefficient (Wildman–Crippen LogP) is 2.73. The molecule has 0 bridgehead atoms. The normalized spacial score (nSPS) is 15.8. The molecule has 1 aliphatic rings. The molecule has 1 aromatic rings. The largest absolute Gasteiger partial charge is 0.370 e. The van der Waals surface area contributed by atoms with Crippen LogP contribution in [0.2, 0.25) is 5.02 Å². The van der Waals surface area contributed by atoms with Crippen molar-refractivity contribution in [2.24, 2.45) is 10.7 Å². The molecule has 0 radical (unpaired) electrons. The van der Waals surface area contributed by atoms with Gasteiger partial charge in [-0.3, -0.25) is 4.99 Å². The Morgan fingerprint density at radius 2 is 1.79 bits per heavy atom. The van der Waals surface area contributed by atoms with E-state index in [2.05, 4.69) is 52.7 Å². The first-order valence-electron chi connectivity index (χ1n) is 8.23. The lowest BCUT2D eigenvalue weighted by atomic mass is 10.2. The topological polar surface area (TPSA) is 48.1 Å². The maximum Gasteiger partial charge on any atom is 0.191 e. The number of piperazine rings is 1. The summed E-state index contributed by atoms with van der Waals surface area (Å²) in [5.41, 5.74) is 7.35. The Balaban J connectivity index is 0.00000288. The minimum atomic E-state index is 0. The quantitative estimate of drug-likeness (QED) is 0.413. The van der Waals surface area contributed by atoms with Gasteiger partial charge >= 0.3 is 0 Å². The highest BCUT2D eigenvalue weighted by Gasteiger charge is 2.18. The number of rotatable bonds is 5. The standard InChI is InChI=1S/C17H28ClN5.HI/c1-14(2)21(3)9-8-20-17(19)23-12-10-22(11-13-23)16-6-4-15(18)5-7-16;/h4-7,14H,8-13H2,1-3H3,(H2,19,20);1H.